The monoisotopic (exact) mass is 456 g/mol. The molecule has 0 saturated carbocycles. The standard InChI is InChI=1S/C25H32N2O6/c1-4-13-26(14-16-9-7-6-8-10-16)22(30)20-25-12-11-24(3,33-25)19(23(31)32)18(25)21(29)27(20)17(5-2)15-28/h4,6-10,17-20,28H,1,5,11-15H2,2-3H3,(H,31,32)/t17-,18-,19-,20?,24+,25?/m0/s1. The maximum absolute atomic E-state index is 14.1. The molecule has 2 N–H and O–H groups in total. The molecule has 8 heteroatoms. The molecule has 1 spiro atoms. The van der Waals surface area contributed by atoms with E-state index in [0.29, 0.717) is 25.8 Å². The number of carbonyl (C=O) groups is 3. The summed E-state index contributed by atoms with van der Waals surface area (Å²) in [5, 5.41) is 20.1. The average Bonchev–Trinajstić information content (AvgIpc) is 3.36. The van der Waals surface area contributed by atoms with Gasteiger partial charge in [0.05, 0.1) is 30.1 Å². The van der Waals surface area contributed by atoms with Gasteiger partial charge in [0.1, 0.15) is 11.6 Å². The highest BCUT2D eigenvalue weighted by molar-refractivity contribution is 5.98. The fourth-order valence-electron chi connectivity index (χ4n) is 6.19. The first-order chi connectivity index (χ1) is 15.7. The van der Waals surface area contributed by atoms with Gasteiger partial charge in [0.25, 0.3) is 0 Å². The molecule has 3 aliphatic rings. The van der Waals surface area contributed by atoms with Gasteiger partial charge in [0.15, 0.2) is 0 Å². The molecule has 4 rings (SSSR count). The van der Waals surface area contributed by atoms with Crippen LogP contribution in [0.1, 0.15) is 38.7 Å². The quantitative estimate of drug-likeness (QED) is 0.549. The van der Waals surface area contributed by atoms with Gasteiger partial charge in [-0.25, -0.2) is 0 Å². The molecular weight excluding hydrogens is 424 g/mol. The zero-order valence-electron chi connectivity index (χ0n) is 19.1. The van der Waals surface area contributed by atoms with Crippen molar-refractivity contribution < 1.29 is 29.3 Å². The molecule has 3 saturated heterocycles. The second-order valence-corrected chi connectivity index (χ2v) is 9.55. The first-order valence-corrected chi connectivity index (χ1v) is 11.5. The van der Waals surface area contributed by atoms with Crippen LogP contribution in [-0.4, -0.2) is 74.2 Å². The lowest BCUT2D eigenvalue weighted by molar-refractivity contribution is -0.158. The predicted molar refractivity (Wildman–Crippen MR) is 120 cm³/mol. The van der Waals surface area contributed by atoms with E-state index in [-0.39, 0.29) is 19.1 Å². The lowest BCUT2D eigenvalue weighted by atomic mass is 9.66. The van der Waals surface area contributed by atoms with Crippen molar-refractivity contribution in [2.45, 2.75) is 62.9 Å². The fourth-order valence-corrected chi connectivity index (χ4v) is 6.19. The number of hydrogen-bond acceptors (Lipinski definition) is 5. The molecule has 2 amide bonds. The minimum atomic E-state index is -1.22. The zero-order valence-corrected chi connectivity index (χ0v) is 19.1. The summed E-state index contributed by atoms with van der Waals surface area (Å²) < 4.78 is 6.40. The van der Waals surface area contributed by atoms with Crippen LogP contribution in [0.2, 0.25) is 0 Å². The molecular formula is C25H32N2O6. The van der Waals surface area contributed by atoms with Gasteiger partial charge in [0.2, 0.25) is 11.8 Å². The molecule has 2 bridgehead atoms. The molecule has 33 heavy (non-hydrogen) atoms. The number of benzene rings is 1. The summed E-state index contributed by atoms with van der Waals surface area (Å²) in [5.41, 5.74) is -1.29. The number of aliphatic carboxylic acids is 1. The topological polar surface area (TPSA) is 107 Å². The highest BCUT2D eigenvalue weighted by Gasteiger charge is 2.78. The summed E-state index contributed by atoms with van der Waals surface area (Å²) >= 11 is 0. The molecule has 1 aromatic carbocycles. The van der Waals surface area contributed by atoms with Gasteiger partial charge in [-0.2, -0.15) is 0 Å². The van der Waals surface area contributed by atoms with Crippen LogP contribution in [-0.2, 0) is 25.7 Å². The summed E-state index contributed by atoms with van der Waals surface area (Å²) in [5.74, 6) is -3.79. The number of carboxylic acid groups (broad SMARTS) is 1. The summed E-state index contributed by atoms with van der Waals surface area (Å²) in [7, 11) is 0. The number of aliphatic hydroxyl groups is 1. The van der Waals surface area contributed by atoms with Crippen molar-refractivity contribution in [3.63, 3.8) is 0 Å². The van der Waals surface area contributed by atoms with Crippen molar-refractivity contribution in [2.24, 2.45) is 11.8 Å². The molecule has 6 atom stereocenters. The Morgan fingerprint density at radius 2 is 2.03 bits per heavy atom. The van der Waals surface area contributed by atoms with Crippen LogP contribution >= 0.6 is 0 Å². The molecule has 3 heterocycles. The molecule has 0 aliphatic carbocycles. The Bertz CT molecular complexity index is 947. The number of amides is 2. The smallest absolute Gasteiger partial charge is 0.310 e. The number of nitrogens with zero attached hydrogens (tertiary/aromatic N) is 2. The molecule has 178 valence electrons. The van der Waals surface area contributed by atoms with Crippen LogP contribution < -0.4 is 0 Å². The highest BCUT2D eigenvalue weighted by Crippen LogP contribution is 2.63. The Labute approximate surface area is 193 Å². The molecule has 8 nitrogen and oxygen atoms in total. The van der Waals surface area contributed by atoms with Crippen LogP contribution in [0.15, 0.2) is 43.0 Å². The number of carboxylic acids is 1. The van der Waals surface area contributed by atoms with Crippen LogP contribution in [0.4, 0.5) is 0 Å². The van der Waals surface area contributed by atoms with E-state index < -0.39 is 47.0 Å². The van der Waals surface area contributed by atoms with E-state index in [2.05, 4.69) is 6.58 Å². The van der Waals surface area contributed by atoms with Gasteiger partial charge in [-0.15, -0.1) is 6.58 Å². The average molecular weight is 457 g/mol. The van der Waals surface area contributed by atoms with E-state index in [1.165, 1.54) is 4.90 Å². The van der Waals surface area contributed by atoms with Gasteiger partial charge in [0, 0.05) is 13.1 Å². The number of aliphatic hydroxyl groups excluding tert-OH is 1. The van der Waals surface area contributed by atoms with Gasteiger partial charge in [-0.05, 0) is 31.7 Å². The Balaban J connectivity index is 1.79. The lowest BCUT2D eigenvalue weighted by Gasteiger charge is -2.39. The van der Waals surface area contributed by atoms with E-state index in [1.54, 1.807) is 17.9 Å². The third kappa shape index (κ3) is 3.47. The normalized spacial score (nSPS) is 33.1. The summed E-state index contributed by atoms with van der Waals surface area (Å²) in [6.45, 7) is 7.62. The third-order valence-electron chi connectivity index (χ3n) is 7.67. The van der Waals surface area contributed by atoms with Gasteiger partial charge >= 0.3 is 5.97 Å². The molecule has 0 aromatic heterocycles. The van der Waals surface area contributed by atoms with Crippen LogP contribution in [0.25, 0.3) is 0 Å². The van der Waals surface area contributed by atoms with Crippen molar-refractivity contribution in [1.29, 1.82) is 0 Å². The number of rotatable bonds is 9. The number of likely N-dealkylation sites (tertiary alicyclic amines) is 1. The van der Waals surface area contributed by atoms with Gasteiger partial charge in [-0.3, -0.25) is 14.4 Å². The first kappa shape index (κ1) is 23.4. The van der Waals surface area contributed by atoms with Crippen molar-refractivity contribution in [1.82, 2.24) is 9.80 Å². The maximum Gasteiger partial charge on any atom is 0.310 e. The first-order valence-electron chi connectivity index (χ1n) is 11.5. The van der Waals surface area contributed by atoms with Gasteiger partial charge < -0.3 is 24.7 Å². The maximum atomic E-state index is 14.1. The number of carbonyl (C=O) groups excluding carboxylic acids is 2. The summed E-state index contributed by atoms with van der Waals surface area (Å²) in [4.78, 5) is 43.1. The predicted octanol–water partition coefficient (Wildman–Crippen LogP) is 1.82. The fraction of sp³-hybridized carbons (Fsp3) is 0.560. The molecule has 3 aliphatic heterocycles. The Morgan fingerprint density at radius 3 is 2.61 bits per heavy atom. The van der Waals surface area contributed by atoms with Crippen molar-refractivity contribution in [3.05, 3.63) is 48.6 Å². The van der Waals surface area contributed by atoms with Crippen LogP contribution in [0.3, 0.4) is 0 Å². The molecule has 0 radical (unpaired) electrons. The second-order valence-electron chi connectivity index (χ2n) is 9.55. The van der Waals surface area contributed by atoms with Crippen molar-refractivity contribution in [3.8, 4) is 0 Å². The minimum absolute atomic E-state index is 0.266. The third-order valence-corrected chi connectivity index (χ3v) is 7.67. The van der Waals surface area contributed by atoms with Crippen LogP contribution in [0, 0.1) is 11.8 Å². The van der Waals surface area contributed by atoms with Crippen molar-refractivity contribution >= 4 is 17.8 Å². The Kier molecular flexibility index (Phi) is 6.09. The Hall–Kier alpha value is -2.71. The molecule has 3 fully saturated rings. The lowest BCUT2D eigenvalue weighted by Crippen LogP contribution is -2.58. The van der Waals surface area contributed by atoms with Crippen molar-refractivity contribution in [2.75, 3.05) is 13.2 Å². The number of hydrogen-bond donors (Lipinski definition) is 2. The SMILES string of the molecule is C=CCN(Cc1ccccc1)C(=O)C1N([C@@H](CC)CO)C(=O)[C@@H]2[C@@H](C(=O)O)[C@@]3(C)CCC12O3. The minimum Gasteiger partial charge on any atom is -0.481 e. The van der Waals surface area contributed by atoms with Crippen LogP contribution in [0.5, 0.6) is 0 Å². The Morgan fingerprint density at radius 1 is 1.33 bits per heavy atom. The zero-order chi connectivity index (χ0) is 24.0. The molecule has 1 aromatic rings. The van der Waals surface area contributed by atoms with E-state index in [1.807, 2.05) is 37.3 Å². The summed E-state index contributed by atoms with van der Waals surface area (Å²) in [6.07, 6.45) is 2.95. The van der Waals surface area contributed by atoms with E-state index in [9.17, 15) is 24.6 Å². The highest BCUT2D eigenvalue weighted by atomic mass is 16.5. The van der Waals surface area contributed by atoms with E-state index in [4.69, 9.17) is 4.74 Å². The number of fused-ring (bicyclic) bond motifs is 1. The summed E-state index contributed by atoms with van der Waals surface area (Å²) in [6, 6.07) is 7.93. The number of ether oxygens (including phenoxy) is 1. The van der Waals surface area contributed by atoms with E-state index in [0.717, 1.165) is 5.56 Å². The van der Waals surface area contributed by atoms with E-state index >= 15 is 0 Å². The van der Waals surface area contributed by atoms with Gasteiger partial charge in [-0.1, -0.05) is 43.3 Å². The molecule has 2 unspecified atom stereocenters. The second kappa shape index (κ2) is 8.57. The largest absolute Gasteiger partial charge is 0.481 e.